The minimum atomic E-state index is -1.54. The lowest BCUT2D eigenvalue weighted by atomic mass is 10.2. The first-order chi connectivity index (χ1) is 9.47. The Morgan fingerprint density at radius 2 is 1.19 bits per heavy atom. The molecule has 0 atom stereocenters. The summed E-state index contributed by atoms with van der Waals surface area (Å²) in [5, 5.41) is 40.6. The number of carbonyl (C=O) groups is 5. The second-order valence-electron chi connectivity index (χ2n) is 3.35. The second-order valence-corrected chi connectivity index (χ2v) is 3.35. The molecule has 10 heteroatoms. The zero-order valence-electron chi connectivity index (χ0n) is 10.6. The van der Waals surface area contributed by atoms with Gasteiger partial charge < -0.3 is 25.5 Å². The van der Waals surface area contributed by atoms with Crippen LogP contribution in [0, 0.1) is 0 Å². The predicted molar refractivity (Wildman–Crippen MR) is 64.6 cm³/mol. The van der Waals surface area contributed by atoms with E-state index in [-0.39, 0.29) is 5.57 Å². The zero-order chi connectivity index (χ0) is 17.2. The van der Waals surface area contributed by atoms with Crippen LogP contribution in [-0.4, -0.2) is 55.4 Å². The number of aliphatic carboxylic acids is 5. The van der Waals surface area contributed by atoms with Crippen LogP contribution < -0.4 is 0 Å². The third kappa shape index (κ3) is 13.1. The molecule has 0 amide bonds. The van der Waals surface area contributed by atoms with E-state index in [1.807, 2.05) is 0 Å². The van der Waals surface area contributed by atoms with Crippen LogP contribution in [0.2, 0.25) is 0 Å². The standard InChI is InChI=1S/C6H6O6.C5H6O4/c7-4(8)1-3(6(11)12)2-5(9)10;1-3(5(8)9)2-4(6)7/h1H,2H2,(H,7,8)(H,9,10)(H,11,12);2H,1H3,(H,6,7)(H,8,9)/b3-1+;3-2-. The average molecular weight is 304 g/mol. The minimum Gasteiger partial charge on any atom is -0.481 e. The summed E-state index contributed by atoms with van der Waals surface area (Å²) in [6.45, 7) is 1.22. The number of hydrogen-bond donors (Lipinski definition) is 5. The van der Waals surface area contributed by atoms with Crippen LogP contribution in [0.4, 0.5) is 0 Å². The first-order valence-corrected chi connectivity index (χ1v) is 5.00. The molecule has 116 valence electrons. The summed E-state index contributed by atoms with van der Waals surface area (Å²) < 4.78 is 0. The summed E-state index contributed by atoms with van der Waals surface area (Å²) in [6.07, 6.45) is 0.195. The fourth-order valence-electron chi connectivity index (χ4n) is 0.747. The van der Waals surface area contributed by atoms with Gasteiger partial charge in [-0.25, -0.2) is 19.2 Å². The molecule has 0 aliphatic rings. The van der Waals surface area contributed by atoms with Crippen molar-refractivity contribution in [2.45, 2.75) is 13.3 Å². The molecular formula is C11H12O10. The van der Waals surface area contributed by atoms with Crippen molar-refractivity contribution in [3.05, 3.63) is 23.3 Å². The van der Waals surface area contributed by atoms with Crippen LogP contribution >= 0.6 is 0 Å². The lowest BCUT2D eigenvalue weighted by molar-refractivity contribution is -0.140. The first kappa shape index (κ1) is 20.2. The van der Waals surface area contributed by atoms with Crippen molar-refractivity contribution in [1.29, 1.82) is 0 Å². The number of rotatable bonds is 6. The summed E-state index contributed by atoms with van der Waals surface area (Å²) in [5.41, 5.74) is -0.836. The Hall–Kier alpha value is -3.17. The highest BCUT2D eigenvalue weighted by Gasteiger charge is 2.12. The molecule has 0 unspecified atom stereocenters. The van der Waals surface area contributed by atoms with Crippen molar-refractivity contribution in [3.63, 3.8) is 0 Å². The SMILES string of the molecule is C/C(=C/C(=O)O)C(=O)O.O=C(O)/C=C(\CC(=O)O)C(=O)O. The van der Waals surface area contributed by atoms with Gasteiger partial charge in [-0.3, -0.25) is 4.79 Å². The van der Waals surface area contributed by atoms with Crippen molar-refractivity contribution in [2.75, 3.05) is 0 Å². The fraction of sp³-hybridized carbons (Fsp3) is 0.182. The molecule has 21 heavy (non-hydrogen) atoms. The van der Waals surface area contributed by atoms with E-state index in [1.54, 1.807) is 0 Å². The van der Waals surface area contributed by atoms with Crippen LogP contribution in [0.1, 0.15) is 13.3 Å². The molecule has 0 aromatic carbocycles. The van der Waals surface area contributed by atoms with Gasteiger partial charge in [0.1, 0.15) is 0 Å². The molecule has 0 saturated heterocycles. The van der Waals surface area contributed by atoms with Gasteiger partial charge in [-0.1, -0.05) is 0 Å². The van der Waals surface area contributed by atoms with E-state index < -0.39 is 41.8 Å². The summed E-state index contributed by atoms with van der Waals surface area (Å²) in [4.78, 5) is 49.8. The van der Waals surface area contributed by atoms with E-state index in [9.17, 15) is 24.0 Å². The molecule has 0 saturated carbocycles. The third-order valence-electron chi connectivity index (χ3n) is 1.59. The highest BCUT2D eigenvalue weighted by atomic mass is 16.4. The molecule has 0 bridgehead atoms. The predicted octanol–water partition coefficient (Wildman–Crippen LogP) is -0.341. The highest BCUT2D eigenvalue weighted by molar-refractivity contribution is 5.98. The molecule has 0 aliphatic carbocycles. The fourth-order valence-corrected chi connectivity index (χ4v) is 0.747. The van der Waals surface area contributed by atoms with Crippen LogP contribution in [0.5, 0.6) is 0 Å². The van der Waals surface area contributed by atoms with Crippen LogP contribution in [0.25, 0.3) is 0 Å². The average Bonchev–Trinajstić information content (AvgIpc) is 2.26. The maximum absolute atomic E-state index is 10.2. The topological polar surface area (TPSA) is 186 Å². The van der Waals surface area contributed by atoms with Crippen molar-refractivity contribution in [1.82, 2.24) is 0 Å². The van der Waals surface area contributed by atoms with E-state index in [4.69, 9.17) is 25.5 Å². The Morgan fingerprint density at radius 1 is 0.762 bits per heavy atom. The number of hydrogen-bond acceptors (Lipinski definition) is 5. The van der Waals surface area contributed by atoms with Gasteiger partial charge in [-0.15, -0.1) is 0 Å². The molecular weight excluding hydrogens is 292 g/mol. The smallest absolute Gasteiger partial charge is 0.332 e. The first-order valence-electron chi connectivity index (χ1n) is 5.00. The molecule has 10 nitrogen and oxygen atoms in total. The lowest BCUT2D eigenvalue weighted by Gasteiger charge is -1.94. The number of carboxylic acids is 5. The largest absolute Gasteiger partial charge is 0.481 e. The monoisotopic (exact) mass is 304 g/mol. The number of carboxylic acid groups (broad SMARTS) is 5. The van der Waals surface area contributed by atoms with Gasteiger partial charge in [0.25, 0.3) is 0 Å². The normalized spacial score (nSPS) is 10.9. The second kappa shape index (κ2) is 9.72. The molecule has 0 aromatic rings. The van der Waals surface area contributed by atoms with E-state index >= 15 is 0 Å². The minimum absolute atomic E-state index is 0.178. The summed E-state index contributed by atoms with van der Waals surface area (Å²) in [5.74, 6) is -6.86. The molecule has 0 rings (SSSR count). The summed E-state index contributed by atoms with van der Waals surface area (Å²) >= 11 is 0. The Bertz CT molecular complexity index is 511. The van der Waals surface area contributed by atoms with Gasteiger partial charge in [0.05, 0.1) is 12.0 Å². The van der Waals surface area contributed by atoms with Crippen molar-refractivity contribution in [3.8, 4) is 0 Å². The maximum atomic E-state index is 10.2. The lowest BCUT2D eigenvalue weighted by Crippen LogP contribution is -2.08. The highest BCUT2D eigenvalue weighted by Crippen LogP contribution is 2.00. The van der Waals surface area contributed by atoms with Gasteiger partial charge in [-0.2, -0.15) is 0 Å². The van der Waals surface area contributed by atoms with Crippen molar-refractivity contribution in [2.24, 2.45) is 0 Å². The maximum Gasteiger partial charge on any atom is 0.332 e. The molecule has 5 N–H and O–H groups in total. The Kier molecular flexibility index (Phi) is 9.33. The van der Waals surface area contributed by atoms with Crippen LogP contribution in [-0.2, 0) is 24.0 Å². The van der Waals surface area contributed by atoms with Crippen LogP contribution in [0.3, 0.4) is 0 Å². The molecule has 0 aliphatic heterocycles. The molecule has 0 spiro atoms. The van der Waals surface area contributed by atoms with Crippen molar-refractivity contribution < 1.29 is 49.5 Å². The molecule has 0 heterocycles. The zero-order valence-corrected chi connectivity index (χ0v) is 10.6. The summed E-state index contributed by atoms with van der Waals surface area (Å²) in [7, 11) is 0. The van der Waals surface area contributed by atoms with E-state index in [0.717, 1.165) is 0 Å². The summed E-state index contributed by atoms with van der Waals surface area (Å²) in [6, 6.07) is 0. The third-order valence-corrected chi connectivity index (χ3v) is 1.59. The molecule has 0 fully saturated rings. The van der Waals surface area contributed by atoms with E-state index in [0.29, 0.717) is 12.2 Å². The van der Waals surface area contributed by atoms with Gasteiger partial charge in [-0.05, 0) is 6.92 Å². The van der Waals surface area contributed by atoms with E-state index in [1.165, 1.54) is 6.92 Å². The Labute approximate surface area is 117 Å². The van der Waals surface area contributed by atoms with E-state index in [2.05, 4.69) is 0 Å². The Balaban J connectivity index is 0. The van der Waals surface area contributed by atoms with Gasteiger partial charge >= 0.3 is 29.8 Å². The van der Waals surface area contributed by atoms with Gasteiger partial charge in [0.15, 0.2) is 0 Å². The van der Waals surface area contributed by atoms with Crippen LogP contribution in [0.15, 0.2) is 23.3 Å². The molecule has 0 aromatic heterocycles. The molecule has 0 radical (unpaired) electrons. The quantitative estimate of drug-likeness (QED) is 0.406. The van der Waals surface area contributed by atoms with Crippen molar-refractivity contribution >= 4 is 29.8 Å². The Morgan fingerprint density at radius 3 is 1.38 bits per heavy atom. The van der Waals surface area contributed by atoms with Gasteiger partial charge in [0.2, 0.25) is 0 Å². The van der Waals surface area contributed by atoms with Gasteiger partial charge in [0, 0.05) is 17.7 Å².